The van der Waals surface area contributed by atoms with E-state index in [1.165, 1.54) is 0 Å². The summed E-state index contributed by atoms with van der Waals surface area (Å²) in [6, 6.07) is 9.91. The van der Waals surface area contributed by atoms with Crippen LogP contribution in [0, 0.1) is 11.6 Å². The molecule has 2 rings (SSSR count). The van der Waals surface area contributed by atoms with E-state index in [9.17, 15) is 8.78 Å². The number of hydrogen-bond donors (Lipinski definition) is 1. The highest BCUT2D eigenvalue weighted by Crippen LogP contribution is 2.18. The molecule has 0 aliphatic rings. The fourth-order valence-corrected chi connectivity index (χ4v) is 1.46. The quantitative estimate of drug-likeness (QED) is 0.667. The standard InChI is InChI=1S/C14H13F2NO2/c15-10-1-6-13(16)14(9-10)19-8-7-18-12-4-2-11(17)3-5-12/h1-6,9H,7-8,17H2. The third-order valence-electron chi connectivity index (χ3n) is 2.38. The molecule has 0 heterocycles. The van der Waals surface area contributed by atoms with Crippen molar-refractivity contribution in [1.29, 1.82) is 0 Å². The lowest BCUT2D eigenvalue weighted by atomic mass is 10.3. The lowest BCUT2D eigenvalue weighted by molar-refractivity contribution is 0.211. The van der Waals surface area contributed by atoms with Crippen molar-refractivity contribution in [3.05, 3.63) is 54.1 Å². The zero-order valence-electron chi connectivity index (χ0n) is 10.1. The Morgan fingerprint density at radius 2 is 1.58 bits per heavy atom. The average Bonchev–Trinajstić information content (AvgIpc) is 2.40. The van der Waals surface area contributed by atoms with Gasteiger partial charge in [0.25, 0.3) is 0 Å². The van der Waals surface area contributed by atoms with E-state index < -0.39 is 11.6 Å². The first-order valence-corrected chi connectivity index (χ1v) is 5.71. The fraction of sp³-hybridized carbons (Fsp3) is 0.143. The van der Waals surface area contributed by atoms with Crippen LogP contribution in [0.15, 0.2) is 42.5 Å². The van der Waals surface area contributed by atoms with E-state index >= 15 is 0 Å². The summed E-state index contributed by atoms with van der Waals surface area (Å²) >= 11 is 0. The molecule has 19 heavy (non-hydrogen) atoms. The molecule has 0 unspecified atom stereocenters. The van der Waals surface area contributed by atoms with Gasteiger partial charge < -0.3 is 15.2 Å². The Morgan fingerprint density at radius 3 is 2.32 bits per heavy atom. The zero-order valence-corrected chi connectivity index (χ0v) is 10.1. The second-order valence-electron chi connectivity index (χ2n) is 3.84. The molecule has 0 saturated carbocycles. The van der Waals surface area contributed by atoms with Gasteiger partial charge in [-0.1, -0.05) is 0 Å². The Labute approximate surface area is 109 Å². The number of halogens is 2. The van der Waals surface area contributed by atoms with E-state index in [4.69, 9.17) is 15.2 Å². The van der Waals surface area contributed by atoms with E-state index in [1.54, 1.807) is 24.3 Å². The number of hydrogen-bond acceptors (Lipinski definition) is 3. The molecule has 0 spiro atoms. The Morgan fingerprint density at radius 1 is 0.895 bits per heavy atom. The normalized spacial score (nSPS) is 10.2. The average molecular weight is 265 g/mol. The zero-order chi connectivity index (χ0) is 13.7. The maximum Gasteiger partial charge on any atom is 0.165 e. The maximum atomic E-state index is 13.2. The van der Waals surface area contributed by atoms with Gasteiger partial charge in [-0.05, 0) is 36.4 Å². The molecule has 5 heteroatoms. The molecule has 0 fully saturated rings. The van der Waals surface area contributed by atoms with Gasteiger partial charge in [0.1, 0.15) is 24.8 Å². The first kappa shape index (κ1) is 13.1. The number of anilines is 1. The molecular formula is C14H13F2NO2. The van der Waals surface area contributed by atoms with Crippen molar-refractivity contribution in [3.63, 3.8) is 0 Å². The minimum absolute atomic E-state index is 0.116. The Kier molecular flexibility index (Phi) is 4.18. The van der Waals surface area contributed by atoms with Crippen molar-refractivity contribution < 1.29 is 18.3 Å². The molecule has 0 bridgehead atoms. The van der Waals surface area contributed by atoms with Crippen LogP contribution in [-0.2, 0) is 0 Å². The van der Waals surface area contributed by atoms with Crippen LogP contribution < -0.4 is 15.2 Å². The molecule has 0 aliphatic heterocycles. The number of nitrogen functional groups attached to an aromatic ring is 1. The summed E-state index contributed by atoms with van der Waals surface area (Å²) in [6.45, 7) is 0.338. The summed E-state index contributed by atoms with van der Waals surface area (Å²) in [5, 5.41) is 0. The van der Waals surface area contributed by atoms with Crippen LogP contribution in [0.2, 0.25) is 0 Å². The van der Waals surface area contributed by atoms with Crippen LogP contribution in [0.25, 0.3) is 0 Å². The molecule has 2 aromatic rings. The van der Waals surface area contributed by atoms with E-state index in [-0.39, 0.29) is 19.0 Å². The lowest BCUT2D eigenvalue weighted by Gasteiger charge is -2.09. The Bertz CT molecular complexity index is 544. The van der Waals surface area contributed by atoms with Gasteiger partial charge in [0, 0.05) is 11.8 Å². The summed E-state index contributed by atoms with van der Waals surface area (Å²) < 4.78 is 36.5. The predicted octanol–water partition coefficient (Wildman–Crippen LogP) is 3.00. The largest absolute Gasteiger partial charge is 0.490 e. The number of rotatable bonds is 5. The van der Waals surface area contributed by atoms with E-state index in [2.05, 4.69) is 0 Å². The highest BCUT2D eigenvalue weighted by molar-refractivity contribution is 5.41. The molecule has 0 amide bonds. The number of benzene rings is 2. The summed E-state index contributed by atoms with van der Waals surface area (Å²) in [5.41, 5.74) is 6.17. The highest BCUT2D eigenvalue weighted by atomic mass is 19.1. The monoisotopic (exact) mass is 265 g/mol. The molecule has 0 atom stereocenters. The fourth-order valence-electron chi connectivity index (χ4n) is 1.46. The molecule has 0 saturated heterocycles. The van der Waals surface area contributed by atoms with Crippen LogP contribution in [0.3, 0.4) is 0 Å². The van der Waals surface area contributed by atoms with Gasteiger partial charge >= 0.3 is 0 Å². The maximum absolute atomic E-state index is 13.2. The summed E-state index contributed by atoms with van der Waals surface area (Å²) in [5.74, 6) is -0.636. The van der Waals surface area contributed by atoms with Gasteiger partial charge in [0.2, 0.25) is 0 Å². The molecule has 100 valence electrons. The van der Waals surface area contributed by atoms with Crippen molar-refractivity contribution in [3.8, 4) is 11.5 Å². The predicted molar refractivity (Wildman–Crippen MR) is 68.2 cm³/mol. The number of ether oxygens (including phenoxy) is 2. The van der Waals surface area contributed by atoms with E-state index in [1.807, 2.05) is 0 Å². The molecule has 0 radical (unpaired) electrons. The van der Waals surface area contributed by atoms with Crippen LogP contribution in [0.1, 0.15) is 0 Å². The third kappa shape index (κ3) is 3.84. The van der Waals surface area contributed by atoms with Gasteiger partial charge in [-0.2, -0.15) is 0 Å². The topological polar surface area (TPSA) is 44.5 Å². The van der Waals surface area contributed by atoms with Crippen LogP contribution >= 0.6 is 0 Å². The molecule has 2 aromatic carbocycles. The highest BCUT2D eigenvalue weighted by Gasteiger charge is 2.04. The smallest absolute Gasteiger partial charge is 0.165 e. The Hall–Kier alpha value is -2.30. The van der Waals surface area contributed by atoms with Crippen LogP contribution in [0.5, 0.6) is 11.5 Å². The van der Waals surface area contributed by atoms with Gasteiger partial charge in [0.05, 0.1) is 0 Å². The minimum atomic E-state index is -0.603. The summed E-state index contributed by atoms with van der Waals surface area (Å²) in [7, 11) is 0. The first-order chi connectivity index (χ1) is 9.15. The van der Waals surface area contributed by atoms with Crippen molar-refractivity contribution in [2.45, 2.75) is 0 Å². The number of nitrogens with two attached hydrogens (primary N) is 1. The van der Waals surface area contributed by atoms with Gasteiger partial charge in [-0.3, -0.25) is 0 Å². The second kappa shape index (κ2) is 6.04. The van der Waals surface area contributed by atoms with Gasteiger partial charge in [0.15, 0.2) is 11.6 Å². The molecule has 0 aliphatic carbocycles. The van der Waals surface area contributed by atoms with Crippen molar-refractivity contribution in [2.24, 2.45) is 0 Å². The molecular weight excluding hydrogens is 252 g/mol. The van der Waals surface area contributed by atoms with Crippen molar-refractivity contribution in [2.75, 3.05) is 18.9 Å². The second-order valence-corrected chi connectivity index (χ2v) is 3.84. The van der Waals surface area contributed by atoms with Crippen molar-refractivity contribution >= 4 is 5.69 Å². The molecule has 3 nitrogen and oxygen atoms in total. The SMILES string of the molecule is Nc1ccc(OCCOc2cc(F)ccc2F)cc1. The summed E-state index contributed by atoms with van der Waals surface area (Å²) in [4.78, 5) is 0. The van der Waals surface area contributed by atoms with Gasteiger partial charge in [-0.25, -0.2) is 8.78 Å². The lowest BCUT2D eigenvalue weighted by Crippen LogP contribution is -2.09. The van der Waals surface area contributed by atoms with Crippen LogP contribution in [-0.4, -0.2) is 13.2 Å². The van der Waals surface area contributed by atoms with E-state index in [0.29, 0.717) is 11.4 Å². The molecule has 2 N–H and O–H groups in total. The third-order valence-corrected chi connectivity index (χ3v) is 2.38. The first-order valence-electron chi connectivity index (χ1n) is 5.71. The van der Waals surface area contributed by atoms with Gasteiger partial charge in [-0.15, -0.1) is 0 Å². The van der Waals surface area contributed by atoms with E-state index in [0.717, 1.165) is 18.2 Å². The Balaban J connectivity index is 1.80. The van der Waals surface area contributed by atoms with Crippen LogP contribution in [0.4, 0.5) is 14.5 Å². The minimum Gasteiger partial charge on any atom is -0.490 e. The van der Waals surface area contributed by atoms with Crippen molar-refractivity contribution in [1.82, 2.24) is 0 Å². The molecule has 0 aromatic heterocycles. The summed E-state index contributed by atoms with van der Waals surface area (Å²) in [6.07, 6.45) is 0.